The number of aliphatic imine (C=N–C) groups is 1. The third kappa shape index (κ3) is 2.26. The predicted octanol–water partition coefficient (Wildman–Crippen LogP) is 0.157. The van der Waals surface area contributed by atoms with Crippen LogP contribution in [0.1, 0.15) is 20.3 Å². The van der Waals surface area contributed by atoms with Crippen molar-refractivity contribution < 1.29 is 13.0 Å². The van der Waals surface area contributed by atoms with Gasteiger partial charge in [0.15, 0.2) is 0 Å². The minimum atomic E-state index is -4.13. The molecular weight excluding hydrogens is 230 g/mol. The van der Waals surface area contributed by atoms with E-state index in [2.05, 4.69) is 9.71 Å². The first-order valence-electron chi connectivity index (χ1n) is 5.11. The Kier molecular flexibility index (Phi) is 2.77. The van der Waals surface area contributed by atoms with Crippen LogP contribution in [0.15, 0.2) is 16.3 Å². The third-order valence-electron chi connectivity index (χ3n) is 3.03. The average molecular weight is 245 g/mol. The van der Waals surface area contributed by atoms with Gasteiger partial charge in [0.25, 0.3) is 0 Å². The molecule has 0 radical (unpaired) electrons. The summed E-state index contributed by atoms with van der Waals surface area (Å²) in [6, 6.07) is -0.132. The van der Waals surface area contributed by atoms with Gasteiger partial charge in [0, 0.05) is 24.7 Å². The Balaban J connectivity index is 2.15. The molecule has 6 nitrogen and oxygen atoms in total. The molecule has 16 heavy (non-hydrogen) atoms. The van der Waals surface area contributed by atoms with Gasteiger partial charge in [0.2, 0.25) is 0 Å². The molecule has 0 aromatic rings. The Labute approximate surface area is 94.9 Å². The molecule has 0 saturated carbocycles. The van der Waals surface area contributed by atoms with E-state index < -0.39 is 10.3 Å². The summed E-state index contributed by atoms with van der Waals surface area (Å²) in [6.45, 7) is 4.52. The molecule has 2 N–H and O–H groups in total. The highest BCUT2D eigenvalue weighted by atomic mass is 32.2. The molecule has 2 heterocycles. The zero-order valence-corrected chi connectivity index (χ0v) is 10.0. The minimum absolute atomic E-state index is 0.149. The summed E-state index contributed by atoms with van der Waals surface area (Å²) in [5.74, 6) is 0. The summed E-state index contributed by atoms with van der Waals surface area (Å²) in [5.41, 5.74) is 2.26. The zero-order chi connectivity index (χ0) is 11.9. The van der Waals surface area contributed by atoms with E-state index in [0.29, 0.717) is 13.0 Å². The maximum absolute atomic E-state index is 10.7. The van der Waals surface area contributed by atoms with Gasteiger partial charge in [-0.1, -0.05) is 0 Å². The van der Waals surface area contributed by atoms with Gasteiger partial charge in [-0.05, 0) is 19.4 Å². The van der Waals surface area contributed by atoms with Gasteiger partial charge < -0.3 is 4.90 Å². The van der Waals surface area contributed by atoms with Crippen LogP contribution in [0.2, 0.25) is 0 Å². The van der Waals surface area contributed by atoms with E-state index in [1.165, 1.54) is 0 Å². The van der Waals surface area contributed by atoms with Gasteiger partial charge in [-0.3, -0.25) is 9.55 Å². The normalized spacial score (nSPS) is 29.8. The zero-order valence-electron chi connectivity index (χ0n) is 9.21. The van der Waals surface area contributed by atoms with Gasteiger partial charge in [-0.15, -0.1) is 0 Å². The molecule has 7 heteroatoms. The SMILES string of the molecule is CC1=C2CC(NS(=O)(=O)O)CN2C=NC1C. The molecule has 2 rings (SSSR count). The van der Waals surface area contributed by atoms with Crippen LogP contribution in [-0.4, -0.2) is 42.8 Å². The first-order chi connectivity index (χ1) is 7.37. The molecule has 0 aromatic carbocycles. The fourth-order valence-electron chi connectivity index (χ4n) is 2.09. The van der Waals surface area contributed by atoms with Crippen LogP contribution >= 0.6 is 0 Å². The Hall–Kier alpha value is -0.920. The first kappa shape index (κ1) is 11.6. The molecule has 2 aliphatic rings. The fraction of sp³-hybridized carbons (Fsp3) is 0.667. The van der Waals surface area contributed by atoms with Crippen LogP contribution in [0, 0.1) is 0 Å². The van der Waals surface area contributed by atoms with E-state index in [1.807, 2.05) is 18.7 Å². The maximum Gasteiger partial charge on any atom is 0.333 e. The molecule has 0 aliphatic carbocycles. The topological polar surface area (TPSA) is 82.0 Å². The molecule has 2 unspecified atom stereocenters. The number of hydrogen-bond acceptors (Lipinski definition) is 4. The van der Waals surface area contributed by atoms with Crippen LogP contribution in [0.5, 0.6) is 0 Å². The maximum atomic E-state index is 10.7. The summed E-state index contributed by atoms with van der Waals surface area (Å²) in [6.07, 6.45) is 2.33. The highest BCUT2D eigenvalue weighted by Crippen LogP contribution is 2.28. The summed E-state index contributed by atoms with van der Waals surface area (Å²) in [5, 5.41) is 0. The van der Waals surface area contributed by atoms with Gasteiger partial charge in [0.05, 0.1) is 12.4 Å². The van der Waals surface area contributed by atoms with E-state index in [1.54, 1.807) is 6.34 Å². The van der Waals surface area contributed by atoms with E-state index in [9.17, 15) is 8.42 Å². The standard InChI is InChI=1S/C9H15N3O3S/c1-6-7(2)10-5-12-4-8(3-9(6)12)11-16(13,14)15/h5,7-8,11H,3-4H2,1-2H3,(H,13,14,15). The summed E-state index contributed by atoms with van der Waals surface area (Å²) < 4.78 is 32.4. The highest BCUT2D eigenvalue weighted by molar-refractivity contribution is 7.83. The molecule has 2 atom stereocenters. The van der Waals surface area contributed by atoms with Gasteiger partial charge in [-0.25, -0.2) is 0 Å². The molecular formula is C9H15N3O3S. The van der Waals surface area contributed by atoms with Crippen LogP contribution in [0.3, 0.4) is 0 Å². The molecule has 0 amide bonds. The van der Waals surface area contributed by atoms with Crippen molar-refractivity contribution in [1.82, 2.24) is 9.62 Å². The number of fused-ring (bicyclic) bond motifs is 1. The number of nitrogens with zero attached hydrogens (tertiary/aromatic N) is 2. The summed E-state index contributed by atoms with van der Waals surface area (Å²) >= 11 is 0. The van der Waals surface area contributed by atoms with Crippen molar-refractivity contribution in [3.05, 3.63) is 11.3 Å². The lowest BCUT2D eigenvalue weighted by atomic mass is 10.1. The lowest BCUT2D eigenvalue weighted by molar-refractivity contribution is 0.449. The Bertz CT molecular complexity index is 455. The second-order valence-corrected chi connectivity index (χ2v) is 5.40. The Morgan fingerprint density at radius 3 is 2.94 bits per heavy atom. The summed E-state index contributed by atoms with van der Waals surface area (Å²) in [4.78, 5) is 6.22. The van der Waals surface area contributed by atoms with E-state index in [0.717, 1.165) is 11.3 Å². The second kappa shape index (κ2) is 3.83. The van der Waals surface area contributed by atoms with Crippen LogP contribution in [0.25, 0.3) is 0 Å². The van der Waals surface area contributed by atoms with Crippen LogP contribution in [-0.2, 0) is 10.3 Å². The van der Waals surface area contributed by atoms with Crippen molar-refractivity contribution in [1.29, 1.82) is 0 Å². The number of rotatable bonds is 2. The van der Waals surface area contributed by atoms with Crippen molar-refractivity contribution >= 4 is 16.6 Å². The van der Waals surface area contributed by atoms with Crippen molar-refractivity contribution in [3.8, 4) is 0 Å². The smallest absolute Gasteiger partial charge is 0.333 e. The number of hydrogen-bond donors (Lipinski definition) is 2. The van der Waals surface area contributed by atoms with Crippen molar-refractivity contribution in [3.63, 3.8) is 0 Å². The van der Waals surface area contributed by atoms with Crippen LogP contribution in [0.4, 0.5) is 0 Å². The fourth-order valence-corrected chi connectivity index (χ4v) is 2.67. The van der Waals surface area contributed by atoms with Gasteiger partial charge in [0.1, 0.15) is 0 Å². The third-order valence-corrected chi connectivity index (χ3v) is 3.66. The molecule has 90 valence electrons. The molecule has 0 spiro atoms. The van der Waals surface area contributed by atoms with Crippen molar-refractivity contribution in [2.45, 2.75) is 32.4 Å². The van der Waals surface area contributed by atoms with Crippen molar-refractivity contribution in [2.24, 2.45) is 4.99 Å². The monoisotopic (exact) mass is 245 g/mol. The van der Waals surface area contributed by atoms with Crippen LogP contribution < -0.4 is 4.72 Å². The van der Waals surface area contributed by atoms with E-state index >= 15 is 0 Å². The molecule has 1 saturated heterocycles. The molecule has 0 bridgehead atoms. The average Bonchev–Trinajstić information content (AvgIpc) is 2.52. The highest BCUT2D eigenvalue weighted by Gasteiger charge is 2.32. The largest absolute Gasteiger partial charge is 0.335 e. The predicted molar refractivity (Wildman–Crippen MR) is 60.4 cm³/mol. The lowest BCUT2D eigenvalue weighted by Gasteiger charge is -2.23. The molecule has 2 aliphatic heterocycles. The summed E-state index contributed by atoms with van der Waals surface area (Å²) in [7, 11) is -4.13. The van der Waals surface area contributed by atoms with Gasteiger partial charge in [-0.2, -0.15) is 13.1 Å². The van der Waals surface area contributed by atoms with Crippen molar-refractivity contribution in [2.75, 3.05) is 6.54 Å². The Morgan fingerprint density at radius 2 is 2.31 bits per heavy atom. The second-order valence-electron chi connectivity index (χ2n) is 4.22. The lowest BCUT2D eigenvalue weighted by Crippen LogP contribution is -2.36. The van der Waals surface area contributed by atoms with E-state index in [-0.39, 0.29) is 12.1 Å². The quantitative estimate of drug-likeness (QED) is 0.679. The Morgan fingerprint density at radius 1 is 1.62 bits per heavy atom. The molecule has 0 aromatic heterocycles. The number of nitrogens with one attached hydrogen (secondary N) is 1. The van der Waals surface area contributed by atoms with E-state index in [4.69, 9.17) is 4.55 Å². The first-order valence-corrected chi connectivity index (χ1v) is 6.55. The minimum Gasteiger partial charge on any atom is -0.335 e. The molecule has 1 fully saturated rings. The van der Waals surface area contributed by atoms with Gasteiger partial charge >= 0.3 is 10.3 Å².